The fourth-order valence-corrected chi connectivity index (χ4v) is 3.56. The van der Waals surface area contributed by atoms with Crippen LogP contribution in [-0.2, 0) is 9.59 Å². The van der Waals surface area contributed by atoms with Gasteiger partial charge in [-0.2, -0.15) is 0 Å². The molecule has 0 saturated carbocycles. The highest BCUT2D eigenvalue weighted by Crippen LogP contribution is 2.35. The molecule has 5 nitrogen and oxygen atoms in total. The van der Waals surface area contributed by atoms with E-state index in [1.807, 2.05) is 0 Å². The van der Waals surface area contributed by atoms with Gasteiger partial charge in [0.1, 0.15) is 16.6 Å². The number of amides is 1. The number of hydrogen-bond acceptors (Lipinski definition) is 5. The van der Waals surface area contributed by atoms with Crippen LogP contribution in [0.15, 0.2) is 29.2 Å². The second-order valence-corrected chi connectivity index (χ2v) is 7.04. The molecule has 1 N–H and O–H groups in total. The standard InChI is InChI=1S/C16H15NO4S2/c1-9(2)13(15(20)21)17-14(19)12(23-16(17)22)7-10-3-5-11(8-18)6-4-10/h3-9,13H,1-2H3,(H,20,21)/b12-7+. The molecule has 0 spiro atoms. The van der Waals surface area contributed by atoms with E-state index in [1.165, 1.54) is 4.90 Å². The maximum Gasteiger partial charge on any atom is 0.327 e. The molecule has 1 atom stereocenters. The van der Waals surface area contributed by atoms with Crippen molar-refractivity contribution in [1.82, 2.24) is 4.90 Å². The van der Waals surface area contributed by atoms with E-state index in [9.17, 15) is 19.5 Å². The number of rotatable bonds is 5. The molecule has 0 aromatic heterocycles. The number of hydrogen-bond donors (Lipinski definition) is 1. The molecule has 1 aromatic rings. The Hall–Kier alpha value is -1.99. The zero-order chi connectivity index (χ0) is 17.1. The average molecular weight is 349 g/mol. The highest BCUT2D eigenvalue weighted by molar-refractivity contribution is 8.26. The Kier molecular flexibility index (Phi) is 5.33. The molecule has 1 aliphatic rings. The zero-order valence-electron chi connectivity index (χ0n) is 12.6. The van der Waals surface area contributed by atoms with Crippen LogP contribution >= 0.6 is 24.0 Å². The van der Waals surface area contributed by atoms with Crippen molar-refractivity contribution in [3.8, 4) is 0 Å². The lowest BCUT2D eigenvalue weighted by Crippen LogP contribution is -2.47. The maximum atomic E-state index is 12.5. The molecule has 1 amide bonds. The van der Waals surface area contributed by atoms with Crippen LogP contribution in [-0.4, -0.2) is 38.5 Å². The molecule has 120 valence electrons. The number of carboxylic acids is 1. The first kappa shape index (κ1) is 17.4. The molecular weight excluding hydrogens is 334 g/mol. The third-order valence-electron chi connectivity index (χ3n) is 3.36. The van der Waals surface area contributed by atoms with Crippen molar-refractivity contribution in [3.63, 3.8) is 0 Å². The van der Waals surface area contributed by atoms with Crippen LogP contribution in [0.2, 0.25) is 0 Å². The van der Waals surface area contributed by atoms with Crippen LogP contribution in [0.25, 0.3) is 6.08 Å². The van der Waals surface area contributed by atoms with Crippen LogP contribution in [0.4, 0.5) is 0 Å². The Labute approximate surface area is 143 Å². The van der Waals surface area contributed by atoms with Crippen LogP contribution in [0, 0.1) is 5.92 Å². The number of carbonyl (C=O) groups excluding carboxylic acids is 2. The Morgan fingerprint density at radius 3 is 2.30 bits per heavy atom. The van der Waals surface area contributed by atoms with Crippen molar-refractivity contribution in [1.29, 1.82) is 0 Å². The largest absolute Gasteiger partial charge is 0.480 e. The van der Waals surface area contributed by atoms with E-state index in [4.69, 9.17) is 12.2 Å². The summed E-state index contributed by atoms with van der Waals surface area (Å²) >= 11 is 6.27. The van der Waals surface area contributed by atoms with Gasteiger partial charge in [-0.05, 0) is 17.6 Å². The van der Waals surface area contributed by atoms with Crippen molar-refractivity contribution in [2.75, 3.05) is 0 Å². The summed E-state index contributed by atoms with van der Waals surface area (Å²) in [5.74, 6) is -1.74. The van der Waals surface area contributed by atoms with Gasteiger partial charge in [0.25, 0.3) is 5.91 Å². The molecule has 1 heterocycles. The molecule has 7 heteroatoms. The molecule has 23 heavy (non-hydrogen) atoms. The second-order valence-electron chi connectivity index (χ2n) is 5.36. The number of carboxylic acid groups (broad SMARTS) is 1. The summed E-state index contributed by atoms with van der Waals surface area (Å²) in [7, 11) is 0. The van der Waals surface area contributed by atoms with E-state index in [2.05, 4.69) is 0 Å². The normalized spacial score (nSPS) is 17.9. The molecule has 1 aromatic carbocycles. The monoisotopic (exact) mass is 349 g/mol. The number of thioether (sulfide) groups is 1. The van der Waals surface area contributed by atoms with Crippen LogP contribution in [0.1, 0.15) is 29.8 Å². The molecule has 1 fully saturated rings. The van der Waals surface area contributed by atoms with Gasteiger partial charge in [-0.15, -0.1) is 0 Å². The predicted octanol–water partition coefficient (Wildman–Crippen LogP) is 2.81. The van der Waals surface area contributed by atoms with Gasteiger partial charge in [-0.1, -0.05) is 62.1 Å². The zero-order valence-corrected chi connectivity index (χ0v) is 14.2. The minimum Gasteiger partial charge on any atom is -0.480 e. The Balaban J connectivity index is 2.31. The van der Waals surface area contributed by atoms with Crippen molar-refractivity contribution >= 4 is 52.5 Å². The summed E-state index contributed by atoms with van der Waals surface area (Å²) in [6.07, 6.45) is 2.39. The number of carbonyl (C=O) groups is 3. The van der Waals surface area contributed by atoms with Crippen LogP contribution in [0.3, 0.4) is 0 Å². The van der Waals surface area contributed by atoms with Gasteiger partial charge in [-0.3, -0.25) is 14.5 Å². The minimum atomic E-state index is -1.08. The number of benzene rings is 1. The number of aliphatic carboxylic acids is 1. The summed E-state index contributed by atoms with van der Waals surface area (Å²) in [4.78, 5) is 36.2. The Bertz CT molecular complexity index is 695. The number of nitrogens with zero attached hydrogens (tertiary/aromatic N) is 1. The van der Waals surface area contributed by atoms with Gasteiger partial charge in [0.05, 0.1) is 4.91 Å². The van der Waals surface area contributed by atoms with E-state index < -0.39 is 17.9 Å². The van der Waals surface area contributed by atoms with E-state index in [0.717, 1.165) is 23.6 Å². The fraction of sp³-hybridized carbons (Fsp3) is 0.250. The molecule has 1 aliphatic heterocycles. The number of aldehydes is 1. The average Bonchev–Trinajstić information content (AvgIpc) is 2.75. The summed E-state index contributed by atoms with van der Waals surface area (Å²) in [6, 6.07) is 5.74. The van der Waals surface area contributed by atoms with Gasteiger partial charge in [0.15, 0.2) is 0 Å². The summed E-state index contributed by atoms with van der Waals surface area (Å²) < 4.78 is 0.242. The molecule has 0 bridgehead atoms. The molecule has 1 unspecified atom stereocenters. The maximum absolute atomic E-state index is 12.5. The van der Waals surface area contributed by atoms with Crippen LogP contribution < -0.4 is 0 Å². The van der Waals surface area contributed by atoms with Gasteiger partial charge in [-0.25, -0.2) is 4.79 Å². The lowest BCUT2D eigenvalue weighted by molar-refractivity contribution is -0.146. The number of thiocarbonyl (C=S) groups is 1. The quantitative estimate of drug-likeness (QED) is 0.500. The van der Waals surface area contributed by atoms with Crippen molar-refractivity contribution in [2.45, 2.75) is 19.9 Å². The second kappa shape index (κ2) is 7.06. The van der Waals surface area contributed by atoms with Gasteiger partial charge in [0.2, 0.25) is 0 Å². The predicted molar refractivity (Wildman–Crippen MR) is 93.1 cm³/mol. The summed E-state index contributed by atoms with van der Waals surface area (Å²) in [6.45, 7) is 3.47. The van der Waals surface area contributed by atoms with Gasteiger partial charge >= 0.3 is 5.97 Å². The third-order valence-corrected chi connectivity index (χ3v) is 4.69. The molecule has 0 aliphatic carbocycles. The smallest absolute Gasteiger partial charge is 0.327 e. The van der Waals surface area contributed by atoms with E-state index in [0.29, 0.717) is 10.5 Å². The highest BCUT2D eigenvalue weighted by atomic mass is 32.2. The van der Waals surface area contributed by atoms with Gasteiger partial charge in [0, 0.05) is 5.56 Å². The molecule has 2 rings (SSSR count). The fourth-order valence-electron chi connectivity index (χ4n) is 2.24. The first-order valence-electron chi connectivity index (χ1n) is 6.90. The first-order chi connectivity index (χ1) is 10.8. The molecular formula is C16H15NO4S2. The van der Waals surface area contributed by atoms with Crippen molar-refractivity contribution in [3.05, 3.63) is 40.3 Å². The lowest BCUT2D eigenvalue weighted by Gasteiger charge is -2.26. The SMILES string of the molecule is CC(C)C(C(=O)O)N1C(=O)/C(=C\c2ccc(C=O)cc2)SC1=S. The van der Waals surface area contributed by atoms with Gasteiger partial charge < -0.3 is 5.11 Å². The summed E-state index contributed by atoms with van der Waals surface area (Å²) in [5, 5.41) is 9.36. The topological polar surface area (TPSA) is 74.7 Å². The molecule has 1 saturated heterocycles. The van der Waals surface area contributed by atoms with E-state index in [-0.39, 0.29) is 10.2 Å². The Morgan fingerprint density at radius 2 is 1.83 bits per heavy atom. The van der Waals surface area contributed by atoms with E-state index >= 15 is 0 Å². The van der Waals surface area contributed by atoms with Crippen LogP contribution in [0.5, 0.6) is 0 Å². The van der Waals surface area contributed by atoms with E-state index in [1.54, 1.807) is 44.2 Å². The Morgan fingerprint density at radius 1 is 1.26 bits per heavy atom. The summed E-state index contributed by atoms with van der Waals surface area (Å²) in [5.41, 5.74) is 1.29. The highest BCUT2D eigenvalue weighted by Gasteiger charge is 2.41. The first-order valence-corrected chi connectivity index (χ1v) is 8.12. The third kappa shape index (κ3) is 3.68. The minimum absolute atomic E-state index is 0.242. The lowest BCUT2D eigenvalue weighted by atomic mass is 10.0. The van der Waals surface area contributed by atoms with Crippen molar-refractivity contribution < 1.29 is 19.5 Å². The molecule has 0 radical (unpaired) electrons. The van der Waals surface area contributed by atoms with Crippen molar-refractivity contribution in [2.24, 2.45) is 5.92 Å².